The fraction of sp³-hybridized carbons (Fsp3) is 0.200. The second-order valence-electron chi connectivity index (χ2n) is 7.93. The number of amides is 1. The van der Waals surface area contributed by atoms with Crippen LogP contribution in [0.5, 0.6) is 0 Å². The minimum absolute atomic E-state index is 0.132. The molecule has 5 nitrogen and oxygen atoms in total. The Bertz CT molecular complexity index is 1210. The first-order chi connectivity index (χ1) is 15.6. The Balaban J connectivity index is 1.27. The number of aliphatic hydroxyl groups excluding tert-OH is 1. The normalized spacial score (nSPS) is 18.4. The van der Waals surface area contributed by atoms with Crippen LogP contribution in [0.15, 0.2) is 84.0 Å². The van der Waals surface area contributed by atoms with Crippen molar-refractivity contribution in [2.75, 3.05) is 6.54 Å². The van der Waals surface area contributed by atoms with Gasteiger partial charge in [0.1, 0.15) is 11.5 Å². The van der Waals surface area contributed by atoms with Gasteiger partial charge in [0.05, 0.1) is 17.8 Å². The number of carbonyl (C=O) groups excluding carboxylic acids is 1. The third-order valence-corrected chi connectivity index (χ3v) is 6.74. The molecular formula is C25H22FN3O2S. The van der Waals surface area contributed by atoms with Crippen LogP contribution < -0.4 is 0 Å². The molecule has 0 unspecified atom stereocenters. The van der Waals surface area contributed by atoms with Crippen molar-refractivity contribution in [3.05, 3.63) is 102 Å². The number of imidazole rings is 1. The van der Waals surface area contributed by atoms with Gasteiger partial charge in [-0.1, -0.05) is 18.2 Å². The largest absolute Gasteiger partial charge is 0.391 e. The van der Waals surface area contributed by atoms with Gasteiger partial charge in [0, 0.05) is 35.2 Å². The van der Waals surface area contributed by atoms with Crippen LogP contribution in [0, 0.1) is 5.82 Å². The predicted molar refractivity (Wildman–Crippen MR) is 122 cm³/mol. The number of aliphatic hydroxyl groups is 1. The summed E-state index contributed by atoms with van der Waals surface area (Å²) in [6.45, 7) is 0.269. The highest BCUT2D eigenvalue weighted by molar-refractivity contribution is 7.98. The van der Waals surface area contributed by atoms with Gasteiger partial charge in [0.2, 0.25) is 0 Å². The van der Waals surface area contributed by atoms with E-state index in [4.69, 9.17) is 0 Å². The molecule has 7 heteroatoms. The maximum Gasteiger partial charge on any atom is 0.254 e. The molecule has 1 N–H and O–H groups in total. The van der Waals surface area contributed by atoms with Crippen molar-refractivity contribution in [1.82, 2.24) is 14.3 Å². The summed E-state index contributed by atoms with van der Waals surface area (Å²) < 4.78 is 15.3. The van der Waals surface area contributed by atoms with Gasteiger partial charge in [-0.25, -0.2) is 9.37 Å². The molecule has 1 saturated heterocycles. The Kier molecular flexibility index (Phi) is 5.68. The van der Waals surface area contributed by atoms with Crippen molar-refractivity contribution in [3.8, 4) is 0 Å². The fourth-order valence-electron chi connectivity index (χ4n) is 4.11. The molecule has 5 rings (SSSR count). The van der Waals surface area contributed by atoms with E-state index in [0.29, 0.717) is 12.0 Å². The van der Waals surface area contributed by atoms with Crippen molar-refractivity contribution < 1.29 is 14.3 Å². The Morgan fingerprint density at radius 1 is 1.09 bits per heavy atom. The SMILES string of the molecule is O=C(c1ccc(SCc2cn3ccccc3n2)cc1)N1C[C@@H](O)C[C@H]1c1ccc(F)cc1. The second-order valence-corrected chi connectivity index (χ2v) is 8.97. The van der Waals surface area contributed by atoms with E-state index in [1.54, 1.807) is 28.8 Å². The molecule has 162 valence electrons. The molecule has 0 saturated carbocycles. The van der Waals surface area contributed by atoms with E-state index in [0.717, 1.165) is 27.6 Å². The van der Waals surface area contributed by atoms with Gasteiger partial charge in [-0.2, -0.15) is 0 Å². The maximum absolute atomic E-state index is 13.3. The topological polar surface area (TPSA) is 57.8 Å². The van der Waals surface area contributed by atoms with Crippen molar-refractivity contribution in [2.45, 2.75) is 29.2 Å². The lowest BCUT2D eigenvalue weighted by atomic mass is 10.0. The van der Waals surface area contributed by atoms with Crippen molar-refractivity contribution in [2.24, 2.45) is 0 Å². The highest BCUT2D eigenvalue weighted by atomic mass is 32.2. The van der Waals surface area contributed by atoms with Gasteiger partial charge in [-0.05, 0) is 60.5 Å². The van der Waals surface area contributed by atoms with Crippen LogP contribution in [-0.4, -0.2) is 37.9 Å². The Labute approximate surface area is 189 Å². The van der Waals surface area contributed by atoms with E-state index >= 15 is 0 Å². The van der Waals surface area contributed by atoms with Crippen LogP contribution in [-0.2, 0) is 5.75 Å². The summed E-state index contributed by atoms with van der Waals surface area (Å²) in [5.41, 5.74) is 3.32. The molecule has 2 atom stereocenters. The number of nitrogens with zero attached hydrogens (tertiary/aromatic N) is 3. The lowest BCUT2D eigenvalue weighted by molar-refractivity contribution is 0.0715. The zero-order valence-corrected chi connectivity index (χ0v) is 18.1. The number of likely N-dealkylation sites (tertiary alicyclic amines) is 1. The van der Waals surface area contributed by atoms with Gasteiger partial charge in [-0.3, -0.25) is 4.79 Å². The molecule has 1 aliphatic rings. The van der Waals surface area contributed by atoms with Gasteiger partial charge < -0.3 is 14.4 Å². The first kappa shape index (κ1) is 20.7. The van der Waals surface area contributed by atoms with Crippen LogP contribution >= 0.6 is 11.8 Å². The Hall–Kier alpha value is -3.16. The smallest absolute Gasteiger partial charge is 0.254 e. The number of pyridine rings is 1. The summed E-state index contributed by atoms with van der Waals surface area (Å²) in [6, 6.07) is 19.3. The number of fused-ring (bicyclic) bond motifs is 1. The molecule has 0 aliphatic carbocycles. The molecule has 0 spiro atoms. The molecule has 2 aromatic heterocycles. The summed E-state index contributed by atoms with van der Waals surface area (Å²) in [5.74, 6) is 0.287. The van der Waals surface area contributed by atoms with Crippen LogP contribution in [0.2, 0.25) is 0 Å². The molecule has 0 radical (unpaired) electrons. The maximum atomic E-state index is 13.3. The molecule has 0 bridgehead atoms. The van der Waals surface area contributed by atoms with E-state index < -0.39 is 6.10 Å². The average Bonchev–Trinajstić information content (AvgIpc) is 3.41. The summed E-state index contributed by atoms with van der Waals surface area (Å²) in [7, 11) is 0. The van der Waals surface area contributed by atoms with Gasteiger partial charge in [0.25, 0.3) is 5.91 Å². The summed E-state index contributed by atoms with van der Waals surface area (Å²) in [6.07, 6.45) is 3.86. The number of thioether (sulfide) groups is 1. The number of rotatable bonds is 5. The number of halogens is 1. The van der Waals surface area contributed by atoms with E-state index in [-0.39, 0.29) is 24.3 Å². The highest BCUT2D eigenvalue weighted by Crippen LogP contribution is 2.34. The average molecular weight is 448 g/mol. The number of β-amino-alcohol motifs (C(OH)–C–C–N with tert-alkyl or cyclic N) is 1. The molecule has 32 heavy (non-hydrogen) atoms. The number of hydrogen-bond donors (Lipinski definition) is 1. The number of hydrogen-bond acceptors (Lipinski definition) is 4. The number of benzene rings is 2. The zero-order valence-electron chi connectivity index (χ0n) is 17.3. The second kappa shape index (κ2) is 8.76. The lowest BCUT2D eigenvalue weighted by Crippen LogP contribution is -2.31. The summed E-state index contributed by atoms with van der Waals surface area (Å²) in [4.78, 5) is 20.5. The number of aromatic nitrogens is 2. The van der Waals surface area contributed by atoms with Crippen LogP contribution in [0.3, 0.4) is 0 Å². The summed E-state index contributed by atoms with van der Waals surface area (Å²) in [5, 5.41) is 10.2. The van der Waals surface area contributed by atoms with Gasteiger partial charge >= 0.3 is 0 Å². The van der Waals surface area contributed by atoms with Crippen LogP contribution in [0.25, 0.3) is 5.65 Å². The Morgan fingerprint density at radius 3 is 2.62 bits per heavy atom. The standard InChI is InChI=1S/C25H22FN3O2S/c26-19-8-4-17(5-9-19)23-13-21(30)15-29(23)25(31)18-6-10-22(11-7-18)32-16-20-14-28-12-2-1-3-24(28)27-20/h1-12,14,21,23,30H,13,15-16H2/t21-,23-/m0/s1. The molecule has 1 fully saturated rings. The molecule has 4 aromatic rings. The Morgan fingerprint density at radius 2 is 1.88 bits per heavy atom. The van der Waals surface area contributed by atoms with E-state index in [1.807, 2.05) is 59.3 Å². The van der Waals surface area contributed by atoms with Crippen molar-refractivity contribution in [1.29, 1.82) is 0 Å². The van der Waals surface area contributed by atoms with Gasteiger partial charge in [0.15, 0.2) is 0 Å². The third kappa shape index (κ3) is 4.26. The van der Waals surface area contributed by atoms with E-state index in [2.05, 4.69) is 4.98 Å². The molecule has 2 aromatic carbocycles. The lowest BCUT2D eigenvalue weighted by Gasteiger charge is -2.25. The predicted octanol–water partition coefficient (Wildman–Crippen LogP) is 4.71. The fourth-order valence-corrected chi connectivity index (χ4v) is 4.89. The third-order valence-electron chi connectivity index (χ3n) is 5.70. The quantitative estimate of drug-likeness (QED) is 0.450. The first-order valence-electron chi connectivity index (χ1n) is 10.5. The zero-order chi connectivity index (χ0) is 22.1. The van der Waals surface area contributed by atoms with Gasteiger partial charge in [-0.15, -0.1) is 11.8 Å². The monoisotopic (exact) mass is 447 g/mol. The molecule has 1 amide bonds. The highest BCUT2D eigenvalue weighted by Gasteiger charge is 2.35. The van der Waals surface area contributed by atoms with Crippen molar-refractivity contribution >= 4 is 23.3 Å². The first-order valence-corrected chi connectivity index (χ1v) is 11.5. The van der Waals surface area contributed by atoms with Crippen LogP contribution in [0.1, 0.15) is 34.1 Å². The molecule has 1 aliphatic heterocycles. The molecule has 3 heterocycles. The van der Waals surface area contributed by atoms with Crippen molar-refractivity contribution in [3.63, 3.8) is 0 Å². The van der Waals surface area contributed by atoms with E-state index in [1.165, 1.54) is 12.1 Å². The number of carbonyl (C=O) groups is 1. The minimum Gasteiger partial charge on any atom is -0.391 e. The van der Waals surface area contributed by atoms with E-state index in [9.17, 15) is 14.3 Å². The molecular weight excluding hydrogens is 425 g/mol. The van der Waals surface area contributed by atoms with Crippen LogP contribution in [0.4, 0.5) is 4.39 Å². The summed E-state index contributed by atoms with van der Waals surface area (Å²) >= 11 is 1.66. The minimum atomic E-state index is -0.589.